The fourth-order valence-corrected chi connectivity index (χ4v) is 0.727. The predicted octanol–water partition coefficient (Wildman–Crippen LogP) is 1.01. The van der Waals surface area contributed by atoms with Crippen LogP contribution >= 0.6 is 0 Å². The lowest BCUT2D eigenvalue weighted by atomic mass is 10.4. The molecule has 1 aromatic heterocycles. The van der Waals surface area contributed by atoms with Crippen LogP contribution in [-0.2, 0) is 11.3 Å². The summed E-state index contributed by atoms with van der Waals surface area (Å²) in [6, 6.07) is 0. The van der Waals surface area contributed by atoms with E-state index in [0.717, 1.165) is 0 Å². The van der Waals surface area contributed by atoms with Crippen LogP contribution in [0, 0.1) is 0 Å². The van der Waals surface area contributed by atoms with Gasteiger partial charge in [-0.1, -0.05) is 0 Å². The highest BCUT2D eigenvalue weighted by atomic mass is 16.5. The molecule has 0 saturated heterocycles. The van der Waals surface area contributed by atoms with E-state index in [4.69, 9.17) is 11.3 Å². The monoisotopic (exact) mass is 194 g/mol. The highest BCUT2D eigenvalue weighted by Crippen LogP contribution is 2.13. The average molecular weight is 194 g/mol. The van der Waals surface area contributed by atoms with E-state index in [2.05, 4.69) is 24.7 Å². The van der Waals surface area contributed by atoms with E-state index in [9.17, 15) is 4.79 Å². The zero-order chi connectivity index (χ0) is 10.4. The van der Waals surface area contributed by atoms with Gasteiger partial charge in [-0.25, -0.2) is 4.79 Å². The van der Waals surface area contributed by atoms with Crippen molar-refractivity contribution < 1.29 is 9.53 Å². The molecule has 8 heteroatoms. The molecule has 8 nitrogen and oxygen atoms in total. The van der Waals surface area contributed by atoms with Crippen molar-refractivity contribution in [2.45, 2.75) is 6.61 Å². The van der Waals surface area contributed by atoms with Gasteiger partial charge in [-0.05, 0) is 10.6 Å². The van der Waals surface area contributed by atoms with E-state index in [1.807, 2.05) is 0 Å². The molecule has 72 valence electrons. The van der Waals surface area contributed by atoms with Crippen molar-refractivity contribution in [1.82, 2.24) is 9.97 Å². The van der Waals surface area contributed by atoms with E-state index in [1.165, 1.54) is 12.4 Å². The lowest BCUT2D eigenvalue weighted by molar-refractivity contribution is 0.149. The van der Waals surface area contributed by atoms with Crippen LogP contribution in [-0.4, -0.2) is 16.1 Å². The molecule has 1 heterocycles. The van der Waals surface area contributed by atoms with Gasteiger partial charge in [-0.3, -0.25) is 9.97 Å². The van der Waals surface area contributed by atoms with Gasteiger partial charge in [0.25, 0.3) is 0 Å². The molecule has 0 aromatic carbocycles. The Hall–Kier alpha value is -2.34. The number of amides is 1. The minimum Gasteiger partial charge on any atom is -0.443 e. The second-order valence-corrected chi connectivity index (χ2v) is 2.12. The number of hydrogen-bond donors (Lipinski definition) is 1. The van der Waals surface area contributed by atoms with Gasteiger partial charge in [0.2, 0.25) is 0 Å². The number of primary amides is 1. The molecule has 1 rings (SSSR count). The van der Waals surface area contributed by atoms with Crippen LogP contribution in [0.2, 0.25) is 0 Å². The summed E-state index contributed by atoms with van der Waals surface area (Å²) in [5.41, 5.74) is 13.2. The fraction of sp³-hybridized carbons (Fsp3) is 0.167. The highest BCUT2D eigenvalue weighted by Gasteiger charge is 2.04. The molecule has 0 fully saturated rings. The minimum atomic E-state index is -0.928. The van der Waals surface area contributed by atoms with Crippen LogP contribution in [0.5, 0.6) is 0 Å². The third kappa shape index (κ3) is 2.61. The second kappa shape index (κ2) is 4.63. The average Bonchev–Trinajstić information content (AvgIpc) is 2.17. The molecule has 14 heavy (non-hydrogen) atoms. The Labute approximate surface area is 78.3 Å². The van der Waals surface area contributed by atoms with Crippen molar-refractivity contribution in [2.75, 3.05) is 0 Å². The molecule has 0 unspecified atom stereocenters. The van der Waals surface area contributed by atoms with Crippen molar-refractivity contribution >= 4 is 11.9 Å². The summed E-state index contributed by atoms with van der Waals surface area (Å²) < 4.78 is 4.47. The SMILES string of the molecule is [N-]=[N+]=Nc1nccnc1COC(N)=O. The summed E-state index contributed by atoms with van der Waals surface area (Å²) in [6.45, 7) is -0.169. The third-order valence-electron chi connectivity index (χ3n) is 1.24. The minimum absolute atomic E-state index is 0.0660. The molecule has 0 spiro atoms. The van der Waals surface area contributed by atoms with Crippen LogP contribution in [0.25, 0.3) is 10.4 Å². The Morgan fingerprint density at radius 3 is 3.00 bits per heavy atom. The Morgan fingerprint density at radius 1 is 1.64 bits per heavy atom. The van der Waals surface area contributed by atoms with Crippen LogP contribution in [0.3, 0.4) is 0 Å². The van der Waals surface area contributed by atoms with E-state index >= 15 is 0 Å². The molecule has 0 saturated carbocycles. The first kappa shape index (κ1) is 9.75. The number of carbonyl (C=O) groups is 1. The summed E-state index contributed by atoms with van der Waals surface area (Å²) in [4.78, 5) is 20.4. The third-order valence-corrected chi connectivity index (χ3v) is 1.24. The Kier molecular flexibility index (Phi) is 3.22. The molecule has 0 aliphatic heterocycles. The number of ether oxygens (including phenoxy) is 1. The molecule has 1 amide bonds. The van der Waals surface area contributed by atoms with Crippen molar-refractivity contribution in [3.63, 3.8) is 0 Å². The molecule has 0 radical (unpaired) electrons. The van der Waals surface area contributed by atoms with Gasteiger partial charge in [-0.2, -0.15) is 0 Å². The molecule has 0 aliphatic rings. The highest BCUT2D eigenvalue weighted by molar-refractivity contribution is 5.64. The predicted molar refractivity (Wildman–Crippen MR) is 45.2 cm³/mol. The fourth-order valence-electron chi connectivity index (χ4n) is 0.727. The second-order valence-electron chi connectivity index (χ2n) is 2.12. The van der Waals surface area contributed by atoms with Gasteiger partial charge in [-0.15, -0.1) is 0 Å². The summed E-state index contributed by atoms with van der Waals surface area (Å²) in [5, 5.41) is 3.26. The molecule has 1 aromatic rings. The lowest BCUT2D eigenvalue weighted by Gasteiger charge is -2.01. The molecule has 0 aliphatic carbocycles. The van der Waals surface area contributed by atoms with Crippen molar-refractivity contribution in [3.8, 4) is 0 Å². The summed E-state index contributed by atoms with van der Waals surface area (Å²) in [6.07, 6.45) is 1.82. The van der Waals surface area contributed by atoms with Crippen molar-refractivity contribution in [3.05, 3.63) is 28.5 Å². The Bertz CT molecular complexity index is 386. The standard InChI is InChI=1S/C6H6N6O2/c7-6(13)14-3-4-5(11-12-8)10-2-1-9-4/h1-2H,3H2,(H2,7,13). The van der Waals surface area contributed by atoms with Gasteiger partial charge in [0, 0.05) is 17.3 Å². The maximum absolute atomic E-state index is 10.3. The molecule has 2 N–H and O–H groups in total. The van der Waals surface area contributed by atoms with Gasteiger partial charge in [0.1, 0.15) is 12.3 Å². The van der Waals surface area contributed by atoms with Gasteiger partial charge in [0.05, 0.1) is 0 Å². The van der Waals surface area contributed by atoms with Crippen molar-refractivity contribution in [2.24, 2.45) is 10.8 Å². The number of nitrogens with two attached hydrogens (primary N) is 1. The molecular weight excluding hydrogens is 188 g/mol. The van der Waals surface area contributed by atoms with Gasteiger partial charge < -0.3 is 10.5 Å². The van der Waals surface area contributed by atoms with Crippen LogP contribution in [0.15, 0.2) is 17.5 Å². The summed E-state index contributed by atoms with van der Waals surface area (Å²) in [7, 11) is 0. The number of rotatable bonds is 3. The lowest BCUT2D eigenvalue weighted by Crippen LogP contribution is -2.13. The Balaban J connectivity index is 2.84. The topological polar surface area (TPSA) is 127 Å². The van der Waals surface area contributed by atoms with Crippen LogP contribution in [0.4, 0.5) is 10.6 Å². The summed E-state index contributed by atoms with van der Waals surface area (Å²) in [5.74, 6) is 0.0660. The number of carbonyl (C=O) groups excluding carboxylic acids is 1. The first-order chi connectivity index (χ1) is 6.74. The summed E-state index contributed by atoms with van der Waals surface area (Å²) >= 11 is 0. The zero-order valence-electron chi connectivity index (χ0n) is 6.99. The van der Waals surface area contributed by atoms with E-state index in [-0.39, 0.29) is 18.1 Å². The number of aromatic nitrogens is 2. The van der Waals surface area contributed by atoms with Crippen molar-refractivity contribution in [1.29, 1.82) is 0 Å². The smallest absolute Gasteiger partial charge is 0.404 e. The Morgan fingerprint density at radius 2 is 2.36 bits per heavy atom. The number of hydrogen-bond acceptors (Lipinski definition) is 5. The van der Waals surface area contributed by atoms with E-state index < -0.39 is 6.09 Å². The largest absolute Gasteiger partial charge is 0.443 e. The number of azide groups is 1. The molecule has 0 bridgehead atoms. The van der Waals surface area contributed by atoms with Gasteiger partial charge >= 0.3 is 6.09 Å². The normalized spacial score (nSPS) is 8.86. The molecular formula is C6H6N6O2. The maximum atomic E-state index is 10.3. The van der Waals surface area contributed by atoms with E-state index in [0.29, 0.717) is 0 Å². The van der Waals surface area contributed by atoms with Crippen LogP contribution < -0.4 is 5.73 Å². The first-order valence-corrected chi connectivity index (χ1v) is 3.51. The zero-order valence-corrected chi connectivity index (χ0v) is 6.99. The number of nitrogens with zero attached hydrogens (tertiary/aromatic N) is 5. The quantitative estimate of drug-likeness (QED) is 0.437. The van der Waals surface area contributed by atoms with Crippen LogP contribution in [0.1, 0.15) is 5.69 Å². The molecule has 0 atom stereocenters. The maximum Gasteiger partial charge on any atom is 0.404 e. The van der Waals surface area contributed by atoms with Gasteiger partial charge in [0.15, 0.2) is 5.82 Å². The first-order valence-electron chi connectivity index (χ1n) is 3.51. The van der Waals surface area contributed by atoms with E-state index in [1.54, 1.807) is 0 Å².